The topological polar surface area (TPSA) is 57.0 Å². The number of hydrogen-bond donors (Lipinski definition) is 0. The summed E-state index contributed by atoms with van der Waals surface area (Å²) in [6.45, 7) is 0. The number of pyridine rings is 1. The summed E-state index contributed by atoms with van der Waals surface area (Å²) in [4.78, 5) is 15.3. The monoisotopic (exact) mass is 271 g/mol. The number of hydrogen-bond acceptors (Lipinski definition) is 4. The van der Waals surface area contributed by atoms with Crippen molar-refractivity contribution in [3.05, 3.63) is 45.1 Å². The third-order valence-corrected chi connectivity index (χ3v) is 2.62. The second-order valence-electron chi connectivity index (χ2n) is 3.15. The van der Waals surface area contributed by atoms with Gasteiger partial charge in [-0.25, -0.2) is 9.67 Å². The molecule has 0 aliphatic heterocycles. The van der Waals surface area contributed by atoms with Crippen LogP contribution in [0.1, 0.15) is 0 Å². The smallest absolute Gasteiger partial charge is 0.289 e. The van der Waals surface area contributed by atoms with Gasteiger partial charge in [-0.05, 0) is 12.1 Å². The van der Waals surface area contributed by atoms with Crippen LogP contribution in [0, 0.1) is 0 Å². The number of ether oxygens (including phenoxy) is 1. The molecule has 0 radical (unpaired) electrons. The first kappa shape index (κ1) is 11.9. The van der Waals surface area contributed by atoms with Crippen molar-refractivity contribution >= 4 is 23.2 Å². The van der Waals surface area contributed by atoms with E-state index in [1.165, 1.54) is 19.4 Å². The summed E-state index contributed by atoms with van der Waals surface area (Å²) in [7, 11) is 1.50. The van der Waals surface area contributed by atoms with E-state index in [1.807, 2.05) is 0 Å². The standard InChI is InChI=1S/C10H7Cl2N3O2/c1-15-10(16)8(11)7(5-14-15)17-6-3-2-4-13-9(6)12/h2-5H,1H3. The third kappa shape index (κ3) is 2.40. The average Bonchev–Trinajstić information content (AvgIpc) is 2.32. The van der Waals surface area contributed by atoms with Crippen molar-refractivity contribution < 1.29 is 4.74 Å². The largest absolute Gasteiger partial charge is 0.451 e. The van der Waals surface area contributed by atoms with Gasteiger partial charge >= 0.3 is 0 Å². The van der Waals surface area contributed by atoms with Crippen LogP contribution >= 0.6 is 23.2 Å². The minimum atomic E-state index is -0.441. The summed E-state index contributed by atoms with van der Waals surface area (Å²) in [6, 6.07) is 3.27. The zero-order valence-electron chi connectivity index (χ0n) is 8.72. The van der Waals surface area contributed by atoms with Gasteiger partial charge in [0.15, 0.2) is 21.7 Å². The summed E-state index contributed by atoms with van der Waals surface area (Å²) < 4.78 is 6.48. The van der Waals surface area contributed by atoms with E-state index < -0.39 is 5.56 Å². The predicted molar refractivity (Wildman–Crippen MR) is 63.8 cm³/mol. The van der Waals surface area contributed by atoms with Crippen LogP contribution in [0.3, 0.4) is 0 Å². The van der Waals surface area contributed by atoms with Crippen LogP contribution in [-0.4, -0.2) is 14.8 Å². The first-order valence-corrected chi connectivity index (χ1v) is 5.35. The Morgan fingerprint density at radius 1 is 1.35 bits per heavy atom. The fourth-order valence-corrected chi connectivity index (χ4v) is 1.50. The van der Waals surface area contributed by atoms with Crippen molar-refractivity contribution in [2.45, 2.75) is 0 Å². The Kier molecular flexibility index (Phi) is 3.31. The molecule has 7 heteroatoms. The van der Waals surface area contributed by atoms with Crippen molar-refractivity contribution in [3.63, 3.8) is 0 Å². The highest BCUT2D eigenvalue weighted by atomic mass is 35.5. The van der Waals surface area contributed by atoms with Crippen molar-refractivity contribution in [3.8, 4) is 11.5 Å². The van der Waals surface area contributed by atoms with E-state index >= 15 is 0 Å². The van der Waals surface area contributed by atoms with Crippen LogP contribution < -0.4 is 10.3 Å². The predicted octanol–water partition coefficient (Wildman–Crippen LogP) is 2.27. The highest BCUT2D eigenvalue weighted by Gasteiger charge is 2.11. The normalized spacial score (nSPS) is 10.3. The molecule has 0 aliphatic carbocycles. The second-order valence-corrected chi connectivity index (χ2v) is 3.88. The minimum Gasteiger partial charge on any atom is -0.451 e. The van der Waals surface area contributed by atoms with E-state index in [0.29, 0.717) is 5.75 Å². The number of aromatic nitrogens is 3. The molecule has 2 heterocycles. The van der Waals surface area contributed by atoms with Crippen LogP contribution in [0.25, 0.3) is 0 Å². The molecule has 0 unspecified atom stereocenters. The lowest BCUT2D eigenvalue weighted by molar-refractivity contribution is 0.471. The molecule has 0 aliphatic rings. The Balaban J connectivity index is 2.41. The molecule has 0 fully saturated rings. The van der Waals surface area contributed by atoms with E-state index in [-0.39, 0.29) is 15.9 Å². The summed E-state index contributed by atoms with van der Waals surface area (Å²) in [5, 5.41) is 3.93. The molecule has 0 bridgehead atoms. The Bertz CT molecular complexity index is 613. The number of aryl methyl sites for hydroxylation is 1. The van der Waals surface area contributed by atoms with Gasteiger partial charge in [-0.15, -0.1) is 0 Å². The maximum Gasteiger partial charge on any atom is 0.289 e. The number of rotatable bonds is 2. The molecule has 2 aromatic heterocycles. The summed E-state index contributed by atoms with van der Waals surface area (Å²) in [5.74, 6) is 0.454. The molecule has 2 rings (SSSR count). The van der Waals surface area contributed by atoms with Crippen LogP contribution in [-0.2, 0) is 7.05 Å². The van der Waals surface area contributed by atoms with Crippen molar-refractivity contribution in [2.75, 3.05) is 0 Å². The van der Waals surface area contributed by atoms with Gasteiger partial charge in [0, 0.05) is 13.2 Å². The minimum absolute atomic E-state index is 0.0533. The van der Waals surface area contributed by atoms with Crippen molar-refractivity contribution in [1.29, 1.82) is 0 Å². The number of nitrogens with zero attached hydrogens (tertiary/aromatic N) is 3. The molecular weight excluding hydrogens is 265 g/mol. The summed E-state index contributed by atoms with van der Waals surface area (Å²) >= 11 is 11.7. The van der Waals surface area contributed by atoms with Gasteiger partial charge in [0.25, 0.3) is 5.56 Å². The highest BCUT2D eigenvalue weighted by molar-refractivity contribution is 6.32. The van der Waals surface area contributed by atoms with Crippen LogP contribution in [0.5, 0.6) is 11.5 Å². The molecule has 0 amide bonds. The molecular formula is C10H7Cl2N3O2. The molecule has 0 aromatic carbocycles. The quantitative estimate of drug-likeness (QED) is 0.787. The molecule has 5 nitrogen and oxygen atoms in total. The molecule has 88 valence electrons. The summed E-state index contributed by atoms with van der Waals surface area (Å²) in [5.41, 5.74) is -0.441. The van der Waals surface area contributed by atoms with Crippen LogP contribution in [0.2, 0.25) is 10.2 Å². The fraction of sp³-hybridized carbons (Fsp3) is 0.100. The summed E-state index contributed by atoms with van der Waals surface area (Å²) in [6.07, 6.45) is 2.87. The lowest BCUT2D eigenvalue weighted by Crippen LogP contribution is -2.19. The SMILES string of the molecule is Cn1ncc(Oc2cccnc2Cl)c(Cl)c1=O. The molecule has 17 heavy (non-hydrogen) atoms. The van der Waals surface area contributed by atoms with E-state index in [9.17, 15) is 4.79 Å². The Morgan fingerprint density at radius 3 is 2.82 bits per heavy atom. The Morgan fingerprint density at radius 2 is 2.12 bits per heavy atom. The van der Waals surface area contributed by atoms with Crippen molar-refractivity contribution in [2.24, 2.45) is 7.05 Å². The molecule has 2 aromatic rings. The molecule has 0 atom stereocenters. The van der Waals surface area contributed by atoms with Gasteiger partial charge in [0.2, 0.25) is 0 Å². The lowest BCUT2D eigenvalue weighted by atomic mass is 10.4. The van der Waals surface area contributed by atoms with Crippen molar-refractivity contribution in [1.82, 2.24) is 14.8 Å². The van der Waals surface area contributed by atoms with E-state index in [2.05, 4.69) is 10.1 Å². The van der Waals surface area contributed by atoms with Gasteiger partial charge in [-0.3, -0.25) is 4.79 Å². The highest BCUT2D eigenvalue weighted by Crippen LogP contribution is 2.29. The van der Waals surface area contributed by atoms with Gasteiger partial charge < -0.3 is 4.74 Å². The van der Waals surface area contributed by atoms with Gasteiger partial charge in [0.05, 0.1) is 6.20 Å². The zero-order chi connectivity index (χ0) is 12.4. The lowest BCUT2D eigenvalue weighted by Gasteiger charge is -2.07. The first-order valence-electron chi connectivity index (χ1n) is 4.60. The van der Waals surface area contributed by atoms with Gasteiger partial charge in [-0.2, -0.15) is 5.10 Å². The average molecular weight is 272 g/mol. The third-order valence-electron chi connectivity index (χ3n) is 1.99. The molecule has 0 saturated heterocycles. The van der Waals surface area contributed by atoms with Gasteiger partial charge in [0.1, 0.15) is 0 Å². The Labute approximate surface area is 107 Å². The Hall–Kier alpha value is -1.59. The number of halogens is 2. The van der Waals surface area contributed by atoms with E-state index in [1.54, 1.807) is 12.1 Å². The molecule has 0 spiro atoms. The molecule has 0 saturated carbocycles. The molecule has 0 N–H and O–H groups in total. The van der Waals surface area contributed by atoms with E-state index in [4.69, 9.17) is 27.9 Å². The second kappa shape index (κ2) is 4.73. The van der Waals surface area contributed by atoms with Crippen LogP contribution in [0.4, 0.5) is 0 Å². The first-order chi connectivity index (χ1) is 8.09. The van der Waals surface area contributed by atoms with Gasteiger partial charge in [-0.1, -0.05) is 23.2 Å². The maximum atomic E-state index is 11.5. The fourth-order valence-electron chi connectivity index (χ4n) is 1.13. The van der Waals surface area contributed by atoms with Crippen LogP contribution in [0.15, 0.2) is 29.3 Å². The zero-order valence-corrected chi connectivity index (χ0v) is 10.2. The maximum absolute atomic E-state index is 11.5. The van der Waals surface area contributed by atoms with E-state index in [0.717, 1.165) is 4.68 Å².